The van der Waals surface area contributed by atoms with Crippen LogP contribution in [0.15, 0.2) is 53.9 Å². The Kier molecular flexibility index (Phi) is 3.66. The van der Waals surface area contributed by atoms with Gasteiger partial charge in [-0.05, 0) is 37.5 Å². The molecule has 0 spiro atoms. The zero-order chi connectivity index (χ0) is 15.8. The fourth-order valence-electron chi connectivity index (χ4n) is 3.36. The van der Waals surface area contributed by atoms with E-state index in [-0.39, 0.29) is 0 Å². The van der Waals surface area contributed by atoms with Crippen LogP contribution in [0.3, 0.4) is 0 Å². The van der Waals surface area contributed by atoms with Crippen molar-refractivity contribution in [3.63, 3.8) is 0 Å². The zero-order valence-corrected chi connectivity index (χ0v) is 14.3. The largest absolute Gasteiger partial charge is 0.362 e. The summed E-state index contributed by atoms with van der Waals surface area (Å²) in [5.74, 6) is 0. The number of aryl methyl sites for hydroxylation is 1. The van der Waals surface area contributed by atoms with Gasteiger partial charge in [-0.1, -0.05) is 42.5 Å². The summed E-state index contributed by atoms with van der Waals surface area (Å²) < 4.78 is 0. The van der Waals surface area contributed by atoms with Crippen molar-refractivity contribution in [2.45, 2.75) is 32.9 Å². The van der Waals surface area contributed by atoms with Crippen LogP contribution in [-0.4, -0.2) is 11.0 Å². The van der Waals surface area contributed by atoms with E-state index in [4.69, 9.17) is 4.98 Å². The van der Waals surface area contributed by atoms with E-state index >= 15 is 0 Å². The highest BCUT2D eigenvalue weighted by Crippen LogP contribution is 2.34. The van der Waals surface area contributed by atoms with E-state index in [1.54, 1.807) is 11.3 Å². The Hall–Kier alpha value is -2.13. The lowest BCUT2D eigenvalue weighted by Crippen LogP contribution is -2.28. The minimum Gasteiger partial charge on any atom is -0.362 e. The van der Waals surface area contributed by atoms with Gasteiger partial charge in [-0.25, -0.2) is 4.98 Å². The second-order valence-electron chi connectivity index (χ2n) is 6.27. The fraction of sp³-hybridized carbons (Fsp3) is 0.250. The Balaban J connectivity index is 1.60. The number of fused-ring (bicyclic) bond motifs is 1. The minimum atomic E-state index is 0.538. The van der Waals surface area contributed by atoms with Gasteiger partial charge in [0, 0.05) is 22.7 Å². The number of aromatic nitrogens is 1. The monoisotopic (exact) mass is 320 g/mol. The molecule has 2 aromatic carbocycles. The molecule has 1 unspecified atom stereocenters. The van der Waals surface area contributed by atoms with Gasteiger partial charge in [0.2, 0.25) is 0 Å². The van der Waals surface area contributed by atoms with Gasteiger partial charge in [0.25, 0.3) is 0 Å². The second-order valence-corrected chi connectivity index (χ2v) is 7.13. The molecule has 1 atom stereocenters. The summed E-state index contributed by atoms with van der Waals surface area (Å²) in [5.41, 5.74) is 6.52. The van der Waals surface area contributed by atoms with Crippen LogP contribution in [0.4, 0.5) is 5.69 Å². The van der Waals surface area contributed by atoms with E-state index in [1.807, 2.05) is 0 Å². The molecule has 1 aliphatic heterocycles. The minimum absolute atomic E-state index is 0.538. The molecule has 116 valence electrons. The summed E-state index contributed by atoms with van der Waals surface area (Å²) in [7, 11) is 0. The number of rotatable bonds is 3. The van der Waals surface area contributed by atoms with Gasteiger partial charge < -0.3 is 4.90 Å². The van der Waals surface area contributed by atoms with Gasteiger partial charge in [-0.15, -0.1) is 11.3 Å². The second kappa shape index (κ2) is 5.82. The van der Waals surface area contributed by atoms with Gasteiger partial charge in [0.15, 0.2) is 0 Å². The van der Waals surface area contributed by atoms with Crippen molar-refractivity contribution < 1.29 is 0 Å². The summed E-state index contributed by atoms with van der Waals surface area (Å²) in [6, 6.07) is 17.7. The summed E-state index contributed by atoms with van der Waals surface area (Å²) in [6.45, 7) is 5.34. The third kappa shape index (κ3) is 2.66. The SMILES string of the molecule is Cc1ccccc1-c1nc(CN2c3ccccc3CC2C)cs1. The Morgan fingerprint density at radius 2 is 1.91 bits per heavy atom. The lowest BCUT2D eigenvalue weighted by Gasteiger charge is -2.23. The van der Waals surface area contributed by atoms with E-state index in [0.29, 0.717) is 6.04 Å². The van der Waals surface area contributed by atoms with Crippen LogP contribution in [0.25, 0.3) is 10.6 Å². The zero-order valence-electron chi connectivity index (χ0n) is 13.5. The number of hydrogen-bond acceptors (Lipinski definition) is 3. The molecule has 0 fully saturated rings. The molecule has 3 aromatic rings. The Morgan fingerprint density at radius 3 is 2.78 bits per heavy atom. The van der Waals surface area contributed by atoms with E-state index in [2.05, 4.69) is 72.7 Å². The number of anilines is 1. The van der Waals surface area contributed by atoms with Crippen LogP contribution in [0.1, 0.15) is 23.7 Å². The lowest BCUT2D eigenvalue weighted by atomic mass is 10.1. The van der Waals surface area contributed by atoms with Crippen LogP contribution >= 0.6 is 11.3 Å². The summed E-state index contributed by atoms with van der Waals surface area (Å²) in [5, 5.41) is 3.33. The molecule has 2 heterocycles. The molecule has 3 heteroatoms. The molecule has 1 aliphatic rings. The summed E-state index contributed by atoms with van der Waals surface area (Å²) in [6.07, 6.45) is 1.13. The van der Waals surface area contributed by atoms with Crippen molar-refractivity contribution >= 4 is 17.0 Å². The first-order valence-corrected chi connectivity index (χ1v) is 8.95. The number of para-hydroxylation sites is 1. The van der Waals surface area contributed by atoms with Crippen LogP contribution in [-0.2, 0) is 13.0 Å². The van der Waals surface area contributed by atoms with Crippen LogP contribution < -0.4 is 4.90 Å². The van der Waals surface area contributed by atoms with Crippen molar-refractivity contribution in [3.05, 3.63) is 70.7 Å². The average molecular weight is 320 g/mol. The molecule has 4 rings (SSSR count). The molecular formula is C20H20N2S. The van der Waals surface area contributed by atoms with E-state index in [0.717, 1.165) is 23.7 Å². The number of benzene rings is 2. The molecule has 23 heavy (non-hydrogen) atoms. The van der Waals surface area contributed by atoms with Crippen molar-refractivity contribution in [2.75, 3.05) is 4.90 Å². The Morgan fingerprint density at radius 1 is 1.13 bits per heavy atom. The maximum Gasteiger partial charge on any atom is 0.123 e. The van der Waals surface area contributed by atoms with E-state index in [1.165, 1.54) is 22.4 Å². The van der Waals surface area contributed by atoms with Gasteiger partial charge in [0.05, 0.1) is 12.2 Å². The lowest BCUT2D eigenvalue weighted by molar-refractivity contribution is 0.667. The van der Waals surface area contributed by atoms with Gasteiger partial charge in [-0.3, -0.25) is 0 Å². The number of hydrogen-bond donors (Lipinski definition) is 0. The highest BCUT2D eigenvalue weighted by Gasteiger charge is 2.26. The third-order valence-electron chi connectivity index (χ3n) is 4.61. The molecule has 0 aliphatic carbocycles. The first kappa shape index (κ1) is 14.5. The van der Waals surface area contributed by atoms with Crippen molar-refractivity contribution in [3.8, 4) is 10.6 Å². The van der Waals surface area contributed by atoms with Crippen LogP contribution in [0.5, 0.6) is 0 Å². The predicted octanol–water partition coefficient (Wildman–Crippen LogP) is 5.07. The number of thiazole rings is 1. The molecule has 0 amide bonds. The van der Waals surface area contributed by atoms with Gasteiger partial charge in [0.1, 0.15) is 5.01 Å². The number of nitrogens with zero attached hydrogens (tertiary/aromatic N) is 2. The molecular weight excluding hydrogens is 300 g/mol. The average Bonchev–Trinajstić information content (AvgIpc) is 3.14. The Labute approximate surface area is 141 Å². The van der Waals surface area contributed by atoms with E-state index in [9.17, 15) is 0 Å². The molecule has 0 bridgehead atoms. The highest BCUT2D eigenvalue weighted by molar-refractivity contribution is 7.13. The first-order valence-electron chi connectivity index (χ1n) is 8.07. The van der Waals surface area contributed by atoms with Gasteiger partial charge in [-0.2, -0.15) is 0 Å². The predicted molar refractivity (Wildman–Crippen MR) is 98.1 cm³/mol. The molecule has 2 nitrogen and oxygen atoms in total. The summed E-state index contributed by atoms with van der Waals surface area (Å²) >= 11 is 1.74. The third-order valence-corrected chi connectivity index (χ3v) is 5.53. The smallest absolute Gasteiger partial charge is 0.123 e. The highest BCUT2D eigenvalue weighted by atomic mass is 32.1. The topological polar surface area (TPSA) is 16.1 Å². The van der Waals surface area contributed by atoms with Crippen LogP contribution in [0, 0.1) is 6.92 Å². The standard InChI is InChI=1S/C20H20N2S/c1-14-7-3-5-9-18(14)20-21-17(13-23-20)12-22-15(2)11-16-8-4-6-10-19(16)22/h3-10,13,15H,11-12H2,1-2H3. The molecule has 0 N–H and O–H groups in total. The summed E-state index contributed by atoms with van der Waals surface area (Å²) in [4.78, 5) is 7.37. The first-order chi connectivity index (χ1) is 11.2. The maximum atomic E-state index is 4.89. The Bertz CT molecular complexity index is 837. The van der Waals surface area contributed by atoms with Crippen LogP contribution in [0.2, 0.25) is 0 Å². The molecule has 0 saturated carbocycles. The quantitative estimate of drug-likeness (QED) is 0.670. The van der Waals surface area contributed by atoms with E-state index < -0.39 is 0 Å². The normalized spacial score (nSPS) is 16.6. The molecule has 0 saturated heterocycles. The maximum absolute atomic E-state index is 4.89. The molecule has 0 radical (unpaired) electrons. The molecule has 1 aromatic heterocycles. The van der Waals surface area contributed by atoms with Crippen molar-refractivity contribution in [1.29, 1.82) is 0 Å². The fourth-order valence-corrected chi connectivity index (χ4v) is 4.26. The van der Waals surface area contributed by atoms with Crippen molar-refractivity contribution in [1.82, 2.24) is 4.98 Å². The van der Waals surface area contributed by atoms with Gasteiger partial charge >= 0.3 is 0 Å². The van der Waals surface area contributed by atoms with Crippen molar-refractivity contribution in [2.24, 2.45) is 0 Å².